The lowest BCUT2D eigenvalue weighted by Crippen LogP contribution is -2.45. The summed E-state index contributed by atoms with van der Waals surface area (Å²) in [5.41, 5.74) is -0.0370. The van der Waals surface area contributed by atoms with Crippen molar-refractivity contribution in [3.05, 3.63) is 39.7 Å². The van der Waals surface area contributed by atoms with Crippen LogP contribution in [0.4, 0.5) is 10.1 Å². The zero-order valence-electron chi connectivity index (χ0n) is 15.2. The number of nitro groups is 1. The Morgan fingerprint density at radius 1 is 1.37 bits per heavy atom. The Hall–Kier alpha value is -1.77. The van der Waals surface area contributed by atoms with Crippen molar-refractivity contribution in [2.45, 2.75) is 38.3 Å². The first kappa shape index (κ1) is 21.5. The molecule has 27 heavy (non-hydrogen) atoms. The normalized spacial score (nSPS) is 22.9. The average Bonchev–Trinajstić information content (AvgIpc) is 3.16. The van der Waals surface area contributed by atoms with E-state index in [1.165, 1.54) is 18.2 Å². The molecule has 2 atom stereocenters. The van der Waals surface area contributed by atoms with Gasteiger partial charge in [-0.25, -0.2) is 4.39 Å². The van der Waals surface area contributed by atoms with Crippen LogP contribution in [0.25, 0.3) is 0 Å². The van der Waals surface area contributed by atoms with Gasteiger partial charge < -0.3 is 10.6 Å². The number of rotatable bonds is 6. The summed E-state index contributed by atoms with van der Waals surface area (Å²) in [5.74, 6) is -0.216. The van der Waals surface area contributed by atoms with Gasteiger partial charge in [-0.05, 0) is 50.8 Å². The van der Waals surface area contributed by atoms with Gasteiger partial charge in [-0.1, -0.05) is 6.07 Å². The summed E-state index contributed by atoms with van der Waals surface area (Å²) in [6, 6.07) is 3.88. The molecule has 3 rings (SSSR count). The van der Waals surface area contributed by atoms with Crippen LogP contribution < -0.4 is 10.6 Å². The number of benzene rings is 1. The third kappa shape index (κ3) is 5.60. The Morgan fingerprint density at radius 2 is 2.19 bits per heavy atom. The highest BCUT2D eigenvalue weighted by atomic mass is 35.5. The molecule has 0 aromatic heterocycles. The number of nitro benzene ring substituents is 1. The molecular weight excluding hydrogens is 375 g/mol. The van der Waals surface area contributed by atoms with Crippen molar-refractivity contribution in [1.82, 2.24) is 15.5 Å². The number of piperidine rings is 1. The fourth-order valence-electron chi connectivity index (χ4n) is 3.84. The second kappa shape index (κ2) is 9.96. The van der Waals surface area contributed by atoms with Crippen LogP contribution in [0, 0.1) is 21.8 Å². The molecule has 2 N–H and O–H groups in total. The number of carbonyl (C=O) groups excluding carboxylic acids is 1. The molecule has 150 valence electrons. The maximum Gasteiger partial charge on any atom is 0.276 e. The van der Waals surface area contributed by atoms with E-state index in [-0.39, 0.29) is 48.1 Å². The first-order valence-electron chi connectivity index (χ1n) is 9.20. The molecule has 0 aliphatic carbocycles. The van der Waals surface area contributed by atoms with Gasteiger partial charge in [-0.15, -0.1) is 12.4 Å². The van der Waals surface area contributed by atoms with E-state index in [4.69, 9.17) is 0 Å². The van der Waals surface area contributed by atoms with Crippen molar-refractivity contribution < 1.29 is 14.1 Å². The highest BCUT2D eigenvalue weighted by molar-refractivity contribution is 5.85. The van der Waals surface area contributed by atoms with Crippen LogP contribution >= 0.6 is 12.4 Å². The molecule has 0 bridgehead atoms. The highest BCUT2D eigenvalue weighted by Crippen LogP contribution is 2.25. The van der Waals surface area contributed by atoms with Crippen LogP contribution in [0.15, 0.2) is 18.2 Å². The van der Waals surface area contributed by atoms with E-state index in [1.807, 2.05) is 4.90 Å². The lowest BCUT2D eigenvalue weighted by Gasteiger charge is -2.33. The Morgan fingerprint density at radius 3 is 2.89 bits per heavy atom. The Labute approximate surface area is 164 Å². The number of likely N-dealkylation sites (tertiary alicyclic amines) is 1. The predicted molar refractivity (Wildman–Crippen MR) is 102 cm³/mol. The first-order chi connectivity index (χ1) is 12.5. The molecule has 9 heteroatoms. The molecule has 1 aromatic carbocycles. The summed E-state index contributed by atoms with van der Waals surface area (Å²) in [7, 11) is 0. The summed E-state index contributed by atoms with van der Waals surface area (Å²) in [6.45, 7) is 3.17. The van der Waals surface area contributed by atoms with Gasteiger partial charge in [0.25, 0.3) is 5.69 Å². The minimum Gasteiger partial charge on any atom is -0.354 e. The van der Waals surface area contributed by atoms with Gasteiger partial charge in [-0.3, -0.25) is 19.8 Å². The molecule has 0 radical (unpaired) electrons. The molecule has 7 nitrogen and oxygen atoms in total. The molecule has 2 unspecified atom stereocenters. The molecule has 1 amide bonds. The standard InChI is InChI=1S/C18H25FN4O3.ClH/c19-15-5-1-7-17(23(25)26)14(15)12-22-9-3-4-13(11-22)10-21-18(24)16-6-2-8-20-16;/h1,5,7,13,16,20H,2-4,6,8-12H2,(H,21,24);1H. The van der Waals surface area contributed by atoms with Crippen molar-refractivity contribution in [1.29, 1.82) is 0 Å². The number of nitrogens with one attached hydrogen (secondary N) is 2. The van der Waals surface area contributed by atoms with Crippen molar-refractivity contribution >= 4 is 24.0 Å². The van der Waals surface area contributed by atoms with Gasteiger partial charge in [0.2, 0.25) is 5.91 Å². The molecule has 0 saturated carbocycles. The van der Waals surface area contributed by atoms with E-state index < -0.39 is 10.7 Å². The topological polar surface area (TPSA) is 87.5 Å². The maximum absolute atomic E-state index is 14.1. The Kier molecular flexibility index (Phi) is 7.94. The smallest absolute Gasteiger partial charge is 0.276 e. The molecular formula is C18H26ClFN4O3. The van der Waals surface area contributed by atoms with E-state index in [0.29, 0.717) is 13.1 Å². The minimum absolute atomic E-state index is 0. The fourth-order valence-corrected chi connectivity index (χ4v) is 3.84. The van der Waals surface area contributed by atoms with Gasteiger partial charge in [0.15, 0.2) is 0 Å². The third-order valence-corrected chi connectivity index (χ3v) is 5.22. The van der Waals surface area contributed by atoms with E-state index in [0.717, 1.165) is 38.8 Å². The van der Waals surface area contributed by atoms with Crippen LogP contribution in [0.5, 0.6) is 0 Å². The highest BCUT2D eigenvalue weighted by Gasteiger charge is 2.26. The zero-order valence-corrected chi connectivity index (χ0v) is 16.0. The predicted octanol–water partition coefficient (Wildman–Crippen LogP) is 2.24. The second-order valence-electron chi connectivity index (χ2n) is 7.13. The van der Waals surface area contributed by atoms with E-state index in [9.17, 15) is 19.3 Å². The lowest BCUT2D eigenvalue weighted by molar-refractivity contribution is -0.386. The van der Waals surface area contributed by atoms with Gasteiger partial charge in [-0.2, -0.15) is 0 Å². The summed E-state index contributed by atoms with van der Waals surface area (Å²) < 4.78 is 14.1. The number of carbonyl (C=O) groups is 1. The number of amides is 1. The Bertz CT molecular complexity index is 670. The van der Waals surface area contributed by atoms with Crippen molar-refractivity contribution in [3.8, 4) is 0 Å². The lowest BCUT2D eigenvalue weighted by atomic mass is 9.97. The van der Waals surface area contributed by atoms with Crippen molar-refractivity contribution in [3.63, 3.8) is 0 Å². The monoisotopic (exact) mass is 400 g/mol. The number of hydrogen-bond donors (Lipinski definition) is 2. The minimum atomic E-state index is -0.540. The van der Waals surface area contributed by atoms with Crippen LogP contribution in [-0.2, 0) is 11.3 Å². The van der Waals surface area contributed by atoms with Gasteiger partial charge in [0.05, 0.1) is 16.5 Å². The van der Waals surface area contributed by atoms with Gasteiger partial charge in [0, 0.05) is 25.7 Å². The average molecular weight is 401 g/mol. The van der Waals surface area contributed by atoms with E-state index in [1.54, 1.807) is 0 Å². The SMILES string of the molecule is Cl.O=C(NCC1CCCN(Cc2c(F)cccc2[N+](=O)[O-])C1)C1CCCN1. The quantitative estimate of drug-likeness (QED) is 0.564. The van der Waals surface area contributed by atoms with Crippen LogP contribution in [0.2, 0.25) is 0 Å². The summed E-state index contributed by atoms with van der Waals surface area (Å²) >= 11 is 0. The first-order valence-corrected chi connectivity index (χ1v) is 9.20. The molecule has 0 spiro atoms. The number of nitrogens with zero attached hydrogens (tertiary/aromatic N) is 2. The van der Waals surface area contributed by atoms with Crippen molar-refractivity contribution in [2.75, 3.05) is 26.2 Å². The summed E-state index contributed by atoms with van der Waals surface area (Å²) in [6.07, 6.45) is 3.83. The molecule has 2 saturated heterocycles. The fraction of sp³-hybridized carbons (Fsp3) is 0.611. The number of hydrogen-bond acceptors (Lipinski definition) is 5. The molecule has 2 heterocycles. The van der Waals surface area contributed by atoms with Gasteiger partial charge >= 0.3 is 0 Å². The maximum atomic E-state index is 14.1. The van der Waals surface area contributed by atoms with Crippen LogP contribution in [0.3, 0.4) is 0 Å². The summed E-state index contributed by atoms with van der Waals surface area (Å²) in [4.78, 5) is 24.8. The second-order valence-corrected chi connectivity index (χ2v) is 7.13. The molecule has 2 aliphatic heterocycles. The van der Waals surface area contributed by atoms with E-state index >= 15 is 0 Å². The molecule has 1 aromatic rings. The largest absolute Gasteiger partial charge is 0.354 e. The van der Waals surface area contributed by atoms with Crippen LogP contribution in [-0.4, -0.2) is 48.0 Å². The number of halogens is 2. The summed E-state index contributed by atoms with van der Waals surface area (Å²) in [5, 5.41) is 17.3. The van der Waals surface area contributed by atoms with Gasteiger partial charge in [0.1, 0.15) is 5.82 Å². The Balaban J connectivity index is 0.00000261. The molecule has 2 aliphatic rings. The van der Waals surface area contributed by atoms with Crippen molar-refractivity contribution in [2.24, 2.45) is 5.92 Å². The third-order valence-electron chi connectivity index (χ3n) is 5.22. The van der Waals surface area contributed by atoms with Crippen LogP contribution in [0.1, 0.15) is 31.2 Å². The molecule has 2 fully saturated rings. The zero-order chi connectivity index (χ0) is 18.5. The van der Waals surface area contributed by atoms with E-state index in [2.05, 4.69) is 10.6 Å².